The molecule has 0 saturated heterocycles. The Kier molecular flexibility index (Phi) is 4.11. The van der Waals surface area contributed by atoms with Crippen LogP contribution in [0.2, 0.25) is 5.02 Å². The van der Waals surface area contributed by atoms with Crippen molar-refractivity contribution in [3.05, 3.63) is 59.3 Å². The number of nitrogens with one attached hydrogen (secondary N) is 2. The number of aromatic amines is 1. The molecule has 0 atom stereocenters. The summed E-state index contributed by atoms with van der Waals surface area (Å²) in [5.74, 6) is -1.68. The predicted molar refractivity (Wildman–Crippen MR) is 97.5 cm³/mol. The number of amides is 2. The highest BCUT2D eigenvalue weighted by Gasteiger charge is 2.36. The molecular formula is C18H10ClF3N4O2. The number of anilines is 3. The number of fused-ring (bicyclic) bond motifs is 1. The quantitative estimate of drug-likeness (QED) is 0.632. The van der Waals surface area contributed by atoms with E-state index in [2.05, 4.69) is 15.5 Å². The molecule has 28 heavy (non-hydrogen) atoms. The first-order valence-electron chi connectivity index (χ1n) is 7.92. The second-order valence-electron chi connectivity index (χ2n) is 5.94. The summed E-state index contributed by atoms with van der Waals surface area (Å²) in [7, 11) is 0. The number of carbonyl (C=O) groups is 2. The van der Waals surface area contributed by atoms with E-state index in [0.29, 0.717) is 15.8 Å². The Morgan fingerprint density at radius 3 is 2.46 bits per heavy atom. The molecule has 0 radical (unpaired) electrons. The van der Waals surface area contributed by atoms with Crippen LogP contribution in [-0.4, -0.2) is 22.0 Å². The fourth-order valence-electron chi connectivity index (χ4n) is 2.98. The normalized spacial score (nSPS) is 14.4. The van der Waals surface area contributed by atoms with Gasteiger partial charge in [0, 0.05) is 28.8 Å². The Hall–Kier alpha value is -3.33. The van der Waals surface area contributed by atoms with Gasteiger partial charge in [-0.25, -0.2) is 4.90 Å². The zero-order valence-corrected chi connectivity index (χ0v) is 14.6. The lowest BCUT2D eigenvalue weighted by Gasteiger charge is -2.21. The SMILES string of the molecule is O=C1C=CC(=O)N1c1c(Nc2n[nH]cc2C(F)(F)F)ccc2cc(Cl)ccc12. The molecule has 2 amide bonds. The van der Waals surface area contributed by atoms with Crippen molar-refractivity contribution in [2.75, 3.05) is 10.2 Å². The maximum Gasteiger partial charge on any atom is 0.421 e. The molecule has 4 rings (SSSR count). The minimum Gasteiger partial charge on any atom is -0.337 e. The zero-order valence-electron chi connectivity index (χ0n) is 13.8. The van der Waals surface area contributed by atoms with E-state index in [1.807, 2.05) is 0 Å². The minimum atomic E-state index is -4.64. The van der Waals surface area contributed by atoms with Crippen LogP contribution in [-0.2, 0) is 15.8 Å². The molecule has 0 spiro atoms. The maximum atomic E-state index is 13.2. The van der Waals surface area contributed by atoms with E-state index in [1.54, 1.807) is 24.3 Å². The van der Waals surface area contributed by atoms with E-state index in [1.165, 1.54) is 6.07 Å². The molecule has 0 aliphatic carbocycles. The fourth-order valence-corrected chi connectivity index (χ4v) is 3.16. The molecule has 1 aliphatic heterocycles. The number of imide groups is 1. The summed E-state index contributed by atoms with van der Waals surface area (Å²) in [6, 6.07) is 7.85. The highest BCUT2D eigenvalue weighted by atomic mass is 35.5. The lowest BCUT2D eigenvalue weighted by atomic mass is 10.1. The standard InChI is InChI=1S/C18H10ClF3N4O2/c19-10-2-3-11-9(7-10)1-4-13(16(11)26-14(27)5-6-15(26)28)24-17-12(8-23-25-17)18(20,21)22/h1-8H,(H2,23,24,25). The molecule has 2 N–H and O–H groups in total. The lowest BCUT2D eigenvalue weighted by molar-refractivity contribution is -0.137. The molecule has 142 valence electrons. The summed E-state index contributed by atoms with van der Waals surface area (Å²) in [6.07, 6.45) is -1.73. The van der Waals surface area contributed by atoms with E-state index in [-0.39, 0.29) is 11.4 Å². The van der Waals surface area contributed by atoms with Crippen molar-refractivity contribution in [2.24, 2.45) is 0 Å². The summed E-state index contributed by atoms with van der Waals surface area (Å²) in [6.45, 7) is 0. The zero-order chi connectivity index (χ0) is 20.1. The Morgan fingerprint density at radius 1 is 1.07 bits per heavy atom. The molecule has 2 heterocycles. The molecule has 2 aromatic carbocycles. The summed E-state index contributed by atoms with van der Waals surface area (Å²) in [5, 5.41) is 9.85. The molecule has 0 unspecified atom stereocenters. The van der Waals surface area contributed by atoms with E-state index in [4.69, 9.17) is 11.6 Å². The van der Waals surface area contributed by atoms with Crippen LogP contribution in [0.5, 0.6) is 0 Å². The maximum absolute atomic E-state index is 13.2. The third kappa shape index (κ3) is 2.99. The minimum absolute atomic E-state index is 0.109. The Balaban J connectivity index is 1.91. The van der Waals surface area contributed by atoms with Crippen LogP contribution in [0.4, 0.5) is 30.4 Å². The number of carbonyl (C=O) groups excluding carboxylic acids is 2. The third-order valence-electron chi connectivity index (χ3n) is 4.19. The molecule has 6 nitrogen and oxygen atoms in total. The van der Waals surface area contributed by atoms with Crippen LogP contribution < -0.4 is 10.2 Å². The van der Waals surface area contributed by atoms with Gasteiger partial charge in [0.15, 0.2) is 5.82 Å². The van der Waals surface area contributed by atoms with Crippen LogP contribution in [0, 0.1) is 0 Å². The van der Waals surface area contributed by atoms with E-state index in [0.717, 1.165) is 23.2 Å². The first-order chi connectivity index (χ1) is 13.3. The molecule has 10 heteroatoms. The van der Waals surface area contributed by atoms with Gasteiger partial charge >= 0.3 is 6.18 Å². The van der Waals surface area contributed by atoms with Crippen molar-refractivity contribution in [1.29, 1.82) is 0 Å². The molecule has 1 aliphatic rings. The number of alkyl halides is 3. The second kappa shape index (κ2) is 6.38. The second-order valence-corrected chi connectivity index (χ2v) is 6.38. The van der Waals surface area contributed by atoms with Gasteiger partial charge < -0.3 is 5.32 Å². The number of hydrogen-bond acceptors (Lipinski definition) is 4. The van der Waals surface area contributed by atoms with Gasteiger partial charge in [-0.15, -0.1) is 0 Å². The van der Waals surface area contributed by atoms with Gasteiger partial charge in [0.2, 0.25) is 0 Å². The van der Waals surface area contributed by atoms with Crippen molar-refractivity contribution >= 4 is 51.4 Å². The molecular weight excluding hydrogens is 397 g/mol. The predicted octanol–water partition coefficient (Wildman–Crippen LogP) is 4.41. The Labute approximate surface area is 160 Å². The number of H-pyrrole nitrogens is 1. The van der Waals surface area contributed by atoms with Gasteiger partial charge in [0.1, 0.15) is 5.56 Å². The molecule has 0 saturated carbocycles. The van der Waals surface area contributed by atoms with Gasteiger partial charge in [0.25, 0.3) is 11.8 Å². The first-order valence-corrected chi connectivity index (χ1v) is 8.30. The van der Waals surface area contributed by atoms with Crippen molar-refractivity contribution in [3.63, 3.8) is 0 Å². The third-order valence-corrected chi connectivity index (χ3v) is 4.42. The number of halogens is 4. The fraction of sp³-hybridized carbons (Fsp3) is 0.0556. The Morgan fingerprint density at radius 2 is 1.79 bits per heavy atom. The van der Waals surface area contributed by atoms with Gasteiger partial charge in [-0.1, -0.05) is 23.7 Å². The average molecular weight is 407 g/mol. The number of nitrogens with zero attached hydrogens (tertiary/aromatic N) is 2. The topological polar surface area (TPSA) is 78.1 Å². The number of benzene rings is 2. The summed E-state index contributed by atoms with van der Waals surface area (Å²) in [4.78, 5) is 25.4. The van der Waals surface area contributed by atoms with Crippen LogP contribution in [0.15, 0.2) is 48.7 Å². The molecule has 0 fully saturated rings. The highest BCUT2D eigenvalue weighted by Crippen LogP contribution is 2.41. The lowest BCUT2D eigenvalue weighted by Crippen LogP contribution is -2.30. The van der Waals surface area contributed by atoms with Gasteiger partial charge in [-0.2, -0.15) is 18.3 Å². The highest BCUT2D eigenvalue weighted by molar-refractivity contribution is 6.33. The molecule has 1 aromatic heterocycles. The van der Waals surface area contributed by atoms with Crippen molar-refractivity contribution in [1.82, 2.24) is 10.2 Å². The van der Waals surface area contributed by atoms with E-state index < -0.39 is 29.4 Å². The average Bonchev–Trinajstić information content (AvgIpc) is 3.22. The van der Waals surface area contributed by atoms with Crippen LogP contribution in [0.1, 0.15) is 5.56 Å². The monoisotopic (exact) mass is 406 g/mol. The number of hydrogen-bond donors (Lipinski definition) is 2. The summed E-state index contributed by atoms with van der Waals surface area (Å²) < 4.78 is 39.5. The largest absolute Gasteiger partial charge is 0.421 e. The van der Waals surface area contributed by atoms with Crippen molar-refractivity contribution in [3.8, 4) is 0 Å². The van der Waals surface area contributed by atoms with Crippen molar-refractivity contribution in [2.45, 2.75) is 6.18 Å². The van der Waals surface area contributed by atoms with Gasteiger partial charge in [0.05, 0.1) is 11.4 Å². The van der Waals surface area contributed by atoms with Crippen LogP contribution in [0.25, 0.3) is 10.8 Å². The van der Waals surface area contributed by atoms with Crippen LogP contribution >= 0.6 is 11.6 Å². The molecule has 3 aromatic rings. The molecule has 0 bridgehead atoms. The number of aromatic nitrogens is 2. The Bertz CT molecular complexity index is 1140. The first kappa shape index (κ1) is 18.1. The van der Waals surface area contributed by atoms with Gasteiger partial charge in [-0.3, -0.25) is 14.7 Å². The smallest absolute Gasteiger partial charge is 0.337 e. The van der Waals surface area contributed by atoms with Crippen LogP contribution in [0.3, 0.4) is 0 Å². The summed E-state index contributed by atoms with van der Waals surface area (Å²) >= 11 is 6.00. The van der Waals surface area contributed by atoms with E-state index in [9.17, 15) is 22.8 Å². The van der Waals surface area contributed by atoms with Gasteiger partial charge in [-0.05, 0) is 23.6 Å². The summed E-state index contributed by atoms with van der Waals surface area (Å²) in [5.41, 5.74) is -0.782. The van der Waals surface area contributed by atoms with E-state index >= 15 is 0 Å². The number of rotatable bonds is 3. The van der Waals surface area contributed by atoms with Crippen molar-refractivity contribution < 1.29 is 22.8 Å².